The molecule has 0 unspecified atom stereocenters. The molecule has 0 saturated heterocycles. The Hall–Kier alpha value is -0.900. The van der Waals surface area contributed by atoms with Gasteiger partial charge in [0.15, 0.2) is 0 Å². The van der Waals surface area contributed by atoms with Gasteiger partial charge in [-0.05, 0) is 25.7 Å². The minimum absolute atomic E-state index is 0.193. The van der Waals surface area contributed by atoms with Gasteiger partial charge in [-0.25, -0.2) is 4.98 Å². The topological polar surface area (TPSA) is 42.0 Å². The summed E-state index contributed by atoms with van der Waals surface area (Å²) in [6.07, 6.45) is 7.60. The molecule has 16 heavy (non-hydrogen) atoms. The Bertz CT molecular complexity index is 356. The van der Waals surface area contributed by atoms with E-state index in [9.17, 15) is 4.79 Å². The van der Waals surface area contributed by atoms with Gasteiger partial charge in [0.2, 0.25) is 5.91 Å². The highest BCUT2D eigenvalue weighted by Crippen LogP contribution is 2.27. The molecule has 1 heterocycles. The number of hydrogen-bond acceptors (Lipinski definition) is 3. The van der Waals surface area contributed by atoms with E-state index < -0.39 is 0 Å². The number of amides is 1. The van der Waals surface area contributed by atoms with E-state index in [-0.39, 0.29) is 5.91 Å². The smallest absolute Gasteiger partial charge is 0.220 e. The molecule has 1 N–H and O–H groups in total. The maximum Gasteiger partial charge on any atom is 0.220 e. The van der Waals surface area contributed by atoms with E-state index in [0.29, 0.717) is 18.9 Å². The van der Waals surface area contributed by atoms with Crippen molar-refractivity contribution >= 4 is 17.2 Å². The lowest BCUT2D eigenvalue weighted by Gasteiger charge is -2.08. The van der Waals surface area contributed by atoms with Crippen molar-refractivity contribution in [3.63, 3.8) is 0 Å². The Morgan fingerprint density at radius 1 is 1.56 bits per heavy atom. The first kappa shape index (κ1) is 11.6. The first-order chi connectivity index (χ1) is 7.74. The molecule has 0 radical (unpaired) electrons. The number of carbonyl (C=O) groups excluding carboxylic acids is 1. The molecule has 1 aliphatic carbocycles. The molecule has 1 saturated carbocycles. The molecule has 1 aromatic rings. The summed E-state index contributed by atoms with van der Waals surface area (Å²) in [7, 11) is 0. The van der Waals surface area contributed by atoms with E-state index in [4.69, 9.17) is 0 Å². The van der Waals surface area contributed by atoms with Gasteiger partial charge in [0.1, 0.15) is 0 Å². The number of thiazole rings is 1. The number of hydrogen-bond donors (Lipinski definition) is 1. The molecule has 0 atom stereocenters. The van der Waals surface area contributed by atoms with Crippen LogP contribution in [-0.4, -0.2) is 10.9 Å². The maximum absolute atomic E-state index is 11.7. The van der Waals surface area contributed by atoms with Crippen LogP contribution >= 0.6 is 11.3 Å². The molecule has 0 aromatic carbocycles. The Morgan fingerprint density at radius 3 is 2.94 bits per heavy atom. The molecule has 3 nitrogen and oxygen atoms in total. The minimum atomic E-state index is 0.193. The van der Waals surface area contributed by atoms with Crippen LogP contribution in [0.4, 0.5) is 0 Å². The third-order valence-corrected chi connectivity index (χ3v) is 3.99. The lowest BCUT2D eigenvalue weighted by molar-refractivity contribution is -0.122. The highest BCUT2D eigenvalue weighted by atomic mass is 32.1. The summed E-state index contributed by atoms with van der Waals surface area (Å²) in [5.41, 5.74) is 0. The van der Waals surface area contributed by atoms with Crippen LogP contribution in [0.3, 0.4) is 0 Å². The number of carbonyl (C=O) groups is 1. The zero-order chi connectivity index (χ0) is 11.4. The largest absolute Gasteiger partial charge is 0.351 e. The number of aromatic nitrogens is 1. The van der Waals surface area contributed by atoms with Gasteiger partial charge in [-0.2, -0.15) is 0 Å². The third kappa shape index (κ3) is 3.30. The van der Waals surface area contributed by atoms with E-state index in [2.05, 4.69) is 10.3 Å². The Kier molecular flexibility index (Phi) is 3.93. The van der Waals surface area contributed by atoms with Crippen LogP contribution in [0.5, 0.6) is 0 Å². The van der Waals surface area contributed by atoms with Gasteiger partial charge in [-0.3, -0.25) is 4.79 Å². The van der Waals surface area contributed by atoms with Crippen LogP contribution in [0.15, 0.2) is 6.20 Å². The summed E-state index contributed by atoms with van der Waals surface area (Å²) in [6.45, 7) is 2.62. The van der Waals surface area contributed by atoms with Crippen LogP contribution < -0.4 is 5.32 Å². The normalized spacial score (nSPS) is 16.6. The van der Waals surface area contributed by atoms with Gasteiger partial charge >= 0.3 is 0 Å². The van der Waals surface area contributed by atoms with Crippen LogP contribution in [0.1, 0.15) is 42.0 Å². The fourth-order valence-corrected chi connectivity index (χ4v) is 2.96. The van der Waals surface area contributed by atoms with Gasteiger partial charge in [0.05, 0.1) is 11.6 Å². The second-order valence-corrected chi connectivity index (χ2v) is 5.80. The zero-order valence-corrected chi connectivity index (χ0v) is 10.5. The monoisotopic (exact) mass is 238 g/mol. The van der Waals surface area contributed by atoms with Crippen molar-refractivity contribution in [3.8, 4) is 0 Å². The first-order valence-corrected chi connectivity index (χ1v) is 6.73. The molecule has 1 fully saturated rings. The molecular formula is C12H18N2OS. The van der Waals surface area contributed by atoms with E-state index in [0.717, 1.165) is 9.88 Å². The highest BCUT2D eigenvalue weighted by Gasteiger charge is 2.18. The predicted octanol–water partition coefficient (Wildman–Crippen LogP) is 2.65. The van der Waals surface area contributed by atoms with Crippen molar-refractivity contribution in [1.82, 2.24) is 10.3 Å². The lowest BCUT2D eigenvalue weighted by atomic mass is 10.0. The second-order valence-electron chi connectivity index (χ2n) is 4.48. The van der Waals surface area contributed by atoms with Crippen molar-refractivity contribution < 1.29 is 4.79 Å². The molecule has 4 heteroatoms. The molecule has 88 valence electrons. The van der Waals surface area contributed by atoms with E-state index in [1.807, 2.05) is 13.1 Å². The summed E-state index contributed by atoms with van der Waals surface area (Å²) >= 11 is 1.65. The molecule has 1 amide bonds. The quantitative estimate of drug-likeness (QED) is 0.876. The van der Waals surface area contributed by atoms with E-state index >= 15 is 0 Å². The summed E-state index contributed by atoms with van der Waals surface area (Å²) < 4.78 is 0. The Balaban J connectivity index is 1.71. The molecule has 1 aliphatic rings. The maximum atomic E-state index is 11.7. The van der Waals surface area contributed by atoms with Crippen molar-refractivity contribution in [1.29, 1.82) is 0 Å². The van der Waals surface area contributed by atoms with Gasteiger partial charge in [0.25, 0.3) is 0 Å². The minimum Gasteiger partial charge on any atom is -0.351 e. The predicted molar refractivity (Wildman–Crippen MR) is 65.3 cm³/mol. The summed E-state index contributed by atoms with van der Waals surface area (Å²) in [5, 5.41) is 4.03. The summed E-state index contributed by atoms with van der Waals surface area (Å²) in [6, 6.07) is 0. The average Bonchev–Trinajstić information content (AvgIpc) is 2.87. The fourth-order valence-electron chi connectivity index (χ4n) is 2.22. The second kappa shape index (κ2) is 5.43. The number of nitrogens with one attached hydrogen (secondary N) is 1. The van der Waals surface area contributed by atoms with Crippen LogP contribution in [0, 0.1) is 12.8 Å². The number of aryl methyl sites for hydroxylation is 1. The van der Waals surface area contributed by atoms with Crippen molar-refractivity contribution in [2.24, 2.45) is 5.92 Å². The fraction of sp³-hybridized carbons (Fsp3) is 0.667. The zero-order valence-electron chi connectivity index (χ0n) is 9.66. The van der Waals surface area contributed by atoms with Gasteiger partial charge < -0.3 is 5.32 Å². The third-order valence-electron chi connectivity index (χ3n) is 3.08. The lowest BCUT2D eigenvalue weighted by Crippen LogP contribution is -2.24. The molecule has 2 rings (SSSR count). The van der Waals surface area contributed by atoms with E-state index in [1.165, 1.54) is 25.7 Å². The Labute approximate surface area is 100 Å². The molecule has 1 aromatic heterocycles. The Morgan fingerprint density at radius 2 is 2.31 bits per heavy atom. The van der Waals surface area contributed by atoms with E-state index in [1.54, 1.807) is 11.3 Å². The number of rotatable bonds is 4. The average molecular weight is 238 g/mol. The first-order valence-electron chi connectivity index (χ1n) is 5.92. The van der Waals surface area contributed by atoms with Crippen molar-refractivity contribution in [2.75, 3.05) is 0 Å². The van der Waals surface area contributed by atoms with Crippen LogP contribution in [0.25, 0.3) is 0 Å². The van der Waals surface area contributed by atoms with Crippen molar-refractivity contribution in [3.05, 3.63) is 16.1 Å². The van der Waals surface area contributed by atoms with Crippen molar-refractivity contribution in [2.45, 2.75) is 45.6 Å². The van der Waals surface area contributed by atoms with Crippen LogP contribution in [-0.2, 0) is 11.3 Å². The standard InChI is InChI=1S/C12H18N2OS/c1-9-13-7-11(16-9)8-14-12(15)6-10-4-2-3-5-10/h7,10H,2-6,8H2,1H3,(H,14,15). The summed E-state index contributed by atoms with van der Waals surface area (Å²) in [5.74, 6) is 0.821. The highest BCUT2D eigenvalue weighted by molar-refractivity contribution is 7.11. The summed E-state index contributed by atoms with van der Waals surface area (Å²) in [4.78, 5) is 17.0. The number of nitrogens with zero attached hydrogens (tertiary/aromatic N) is 1. The van der Waals surface area contributed by atoms with Gasteiger partial charge in [-0.15, -0.1) is 11.3 Å². The SMILES string of the molecule is Cc1ncc(CNC(=O)CC2CCCC2)s1. The molecule has 0 aliphatic heterocycles. The van der Waals surface area contributed by atoms with Gasteiger partial charge in [0, 0.05) is 17.5 Å². The van der Waals surface area contributed by atoms with Gasteiger partial charge in [-0.1, -0.05) is 12.8 Å². The molecule has 0 bridgehead atoms. The molecular weight excluding hydrogens is 220 g/mol. The molecule has 0 spiro atoms. The van der Waals surface area contributed by atoms with Crippen LogP contribution in [0.2, 0.25) is 0 Å².